The zero-order chi connectivity index (χ0) is 90.2. The molecule has 1 atom stereocenters. The van der Waals surface area contributed by atoms with Crippen molar-refractivity contribution in [2.24, 2.45) is 35.0 Å². The van der Waals surface area contributed by atoms with Crippen LogP contribution in [0.25, 0.3) is 0 Å². The van der Waals surface area contributed by atoms with Gasteiger partial charge in [-0.1, -0.05) is 81.4 Å². The average molecular weight is 1900 g/mol. The molecule has 3 N–H and O–H groups in total. The van der Waals surface area contributed by atoms with Gasteiger partial charge < -0.3 is 67.6 Å². The largest absolute Gasteiger partial charge is 0.481 e. The second-order valence-electron chi connectivity index (χ2n) is 28.3. The van der Waals surface area contributed by atoms with Crippen molar-refractivity contribution in [1.29, 1.82) is 0 Å². The number of unbranched alkanes of at least 4 members (excludes halogenated alkanes) is 2. The lowest BCUT2D eigenvalue weighted by molar-refractivity contribution is -0.295. The minimum absolute atomic E-state index is 0.0248. The third-order valence-corrected chi connectivity index (χ3v) is 20.1. The van der Waals surface area contributed by atoms with E-state index in [0.29, 0.717) is 49.7 Å². The molecule has 30 nitrogen and oxygen atoms in total. The third-order valence-electron chi connectivity index (χ3n) is 16.5. The summed E-state index contributed by atoms with van der Waals surface area (Å²) in [6, 6.07) is 5.45. The summed E-state index contributed by atoms with van der Waals surface area (Å²) >= 11 is 9.74. The lowest BCUT2D eigenvalue weighted by atomic mass is 9.64. The maximum absolute atomic E-state index is 12.6. The molecule has 6 fully saturated rings. The summed E-state index contributed by atoms with van der Waals surface area (Å²) in [6.07, 6.45) is 3.14. The molecule has 0 saturated heterocycles. The predicted octanol–water partition coefficient (Wildman–Crippen LogP) is 12.5. The number of halogens is 9. The molecule has 1 aromatic carbocycles. The van der Waals surface area contributed by atoms with Crippen LogP contribution < -0.4 is 5.32 Å². The van der Waals surface area contributed by atoms with Gasteiger partial charge in [0.15, 0.2) is 17.0 Å². The number of hydrogen-bond acceptors (Lipinski definition) is 28. The molecule has 1 unspecified atom stereocenters. The van der Waals surface area contributed by atoms with Crippen LogP contribution in [0.15, 0.2) is 33.6 Å². The van der Waals surface area contributed by atoms with Gasteiger partial charge in [-0.25, -0.2) is 31.1 Å². The van der Waals surface area contributed by atoms with Gasteiger partial charge in [-0.2, -0.15) is 18.0 Å². The van der Waals surface area contributed by atoms with Crippen LogP contribution in [0.5, 0.6) is 0 Å². The number of nitrogens with one attached hydrogen (secondary N) is 1. The number of esters is 7. The number of methoxy groups -OCH3 is 4. The molecule has 0 aromatic heterocycles. The summed E-state index contributed by atoms with van der Waals surface area (Å²) in [5.74, 6) is -14.8. The molecule has 1 amide bonds. The molecule has 6 aliphatic rings. The smallest absolute Gasteiger partial charge is 0.373 e. The van der Waals surface area contributed by atoms with Gasteiger partial charge in [0.1, 0.15) is 24.0 Å². The van der Waals surface area contributed by atoms with Crippen LogP contribution in [-0.2, 0) is 129 Å². The fourth-order valence-electron chi connectivity index (χ4n) is 9.84. The maximum atomic E-state index is 12.6. The Kier molecular flexibility index (Phi) is 57.0. The first-order chi connectivity index (χ1) is 53.8. The van der Waals surface area contributed by atoms with Gasteiger partial charge in [0.25, 0.3) is 10.1 Å². The Hall–Kier alpha value is -6.10. The molecule has 6 saturated carbocycles. The zero-order valence-corrected chi connectivity index (χ0v) is 74.6. The van der Waals surface area contributed by atoms with Crippen LogP contribution in [0, 0.1) is 35.0 Å². The summed E-state index contributed by atoms with van der Waals surface area (Å²) in [4.78, 5) is 137. The van der Waals surface area contributed by atoms with Crippen LogP contribution in [0.3, 0.4) is 0 Å². The Labute approximate surface area is 700 Å². The van der Waals surface area contributed by atoms with Gasteiger partial charge in [-0.3, -0.25) is 52.1 Å². The van der Waals surface area contributed by atoms with E-state index in [0.717, 1.165) is 30.2 Å². The fourth-order valence-corrected chi connectivity index (χ4v) is 12.9. The number of hydrogen-bond donors (Lipinski definition) is 3. The average Bonchev–Trinajstić information content (AvgIpc) is 0.724. The number of aliphatic hydroxyl groups excluding tert-OH is 1. The van der Waals surface area contributed by atoms with E-state index in [9.17, 15) is 87.5 Å². The zero-order valence-electron chi connectivity index (χ0n) is 69.0. The van der Waals surface area contributed by atoms with E-state index in [1.54, 1.807) is 88.7 Å². The van der Waals surface area contributed by atoms with Gasteiger partial charge >= 0.3 is 53.9 Å². The number of alkyl halides is 8. The fraction of sp³-hybridized carbons (Fsp3) is 0.763. The SMILES string of the molecule is CC(C)OC(=O)CC(=O)OC(C)C.CCCCOC(=O)C1CC(=O)C1.CCCCOC(=O)C1CC(F)(F)C1.CCOC(=O)C(CC)NC(C)=O.COC(CBr)(CBr)OC.COC1(OC)CC(C(=O)OC(C)C)(C(=O)OC(C)C)C1.O=C1CC(C(=O)O)C1.O=C=O.O=S(=O)(OCC1CC(F)(F)C1)c1ccc(Br)cc1.OCC1CC(F)(F)C1. The van der Waals surface area contributed by atoms with E-state index in [2.05, 4.69) is 53.1 Å². The highest BCUT2D eigenvalue weighted by Gasteiger charge is 2.67. The van der Waals surface area contributed by atoms with E-state index in [-0.39, 0.29) is 172 Å². The number of amides is 1. The quantitative estimate of drug-likeness (QED) is 0.00881. The van der Waals surface area contributed by atoms with Crippen molar-refractivity contribution in [3.8, 4) is 0 Å². The second-order valence-corrected chi connectivity index (χ2v) is 31.9. The molecule has 0 aliphatic heterocycles. The number of carboxylic acids is 1. The van der Waals surface area contributed by atoms with Crippen molar-refractivity contribution in [3.05, 3.63) is 28.7 Å². The number of carboxylic acid groups (broad SMARTS) is 1. The Morgan fingerprint density at radius 1 is 0.595 bits per heavy atom. The minimum atomic E-state index is -3.85. The standard InChI is InChI=1S/C14H24O6.C11H11BrF2O3S.C9H14F2O2.C9H16O4.C9H14O3.C8H15NO3.C5H10Br2O2.C5H8F2O.C5H6O3.CO2/c1-9(2)19-11(15)13(12(16)20-10(3)4)7-14(8-13,17-5)18-6;12-9-1-3-10(4-2-9)18(15,16)17-7-8-5-11(13,14)6-8;1-2-3-4-13-8(12)7-5-9(10,11)6-7;1-6(2)12-8(10)5-9(11)13-7(3)4;1-2-3-4-12-9(11)7-5-8(10)6-7;1-4-7(9-6(3)10)8(11)12-5-2;1-8-5(3-6,4-7)9-2;6-5(7)1-4(2-5)3-8;6-4-1-3(2-4)5(7)8;2-1-3/h9-10H,7-8H2,1-6H3;1-4,8H,5-7H2;7H,2-6H2,1H3;6-7H,5H2,1-4H3;7H,2-6H2,1H3;7H,4-5H2,1-3H3,(H,9,10);3-4H2,1-2H3;4,8H,1-3H2;3H,1-2H2,(H,7,8);. The number of Topliss-reactive ketones (excluding diaryl/α,β-unsaturated/α-hetero) is 2. The van der Waals surface area contributed by atoms with Gasteiger partial charge in [0.2, 0.25) is 23.7 Å². The monoisotopic (exact) mass is 1890 g/mol. The van der Waals surface area contributed by atoms with Crippen LogP contribution >= 0.6 is 47.8 Å². The highest BCUT2D eigenvalue weighted by molar-refractivity contribution is 9.10. The molecule has 7 rings (SSSR count). The molecule has 0 heterocycles. The lowest BCUT2D eigenvalue weighted by Crippen LogP contribution is -2.62. The highest BCUT2D eigenvalue weighted by atomic mass is 79.9. The van der Waals surface area contributed by atoms with Crippen LogP contribution in [-0.4, -0.2) is 222 Å². The summed E-state index contributed by atoms with van der Waals surface area (Å²) in [7, 11) is 2.35. The summed E-state index contributed by atoms with van der Waals surface area (Å²) < 4.78 is 158. The number of aliphatic carboxylic acids is 1. The van der Waals surface area contributed by atoms with Crippen molar-refractivity contribution < 1.29 is 164 Å². The molecule has 6 aliphatic carbocycles. The van der Waals surface area contributed by atoms with Gasteiger partial charge in [0, 0.05) is 123 Å². The first-order valence-electron chi connectivity index (χ1n) is 37.4. The molecule has 670 valence electrons. The van der Waals surface area contributed by atoms with Crippen LogP contribution in [0.4, 0.5) is 26.3 Å². The Bertz CT molecular complexity index is 3190. The Morgan fingerprint density at radius 2 is 0.974 bits per heavy atom. The van der Waals surface area contributed by atoms with Crippen molar-refractivity contribution in [3.63, 3.8) is 0 Å². The highest BCUT2D eigenvalue weighted by Crippen LogP contribution is 2.53. The maximum Gasteiger partial charge on any atom is 0.373 e. The number of carbonyl (C=O) groups excluding carboxylic acids is 12. The summed E-state index contributed by atoms with van der Waals surface area (Å²) in [5, 5.41) is 20.3. The molecule has 1 aromatic rings. The first-order valence-corrected chi connectivity index (χ1v) is 41.8. The van der Waals surface area contributed by atoms with Crippen molar-refractivity contribution in [1.82, 2.24) is 5.32 Å². The molecule has 0 radical (unpaired) electrons. The van der Waals surface area contributed by atoms with E-state index in [1.165, 1.54) is 33.3 Å². The van der Waals surface area contributed by atoms with Crippen molar-refractivity contribution >= 4 is 129 Å². The second kappa shape index (κ2) is 58.0. The van der Waals surface area contributed by atoms with Gasteiger partial charge in [-0.05, 0) is 118 Å². The molecule has 0 bridgehead atoms. The molecular formula is C76H118Br3F6NO29S. The molecule has 0 spiro atoms. The van der Waals surface area contributed by atoms with Crippen LogP contribution in [0.2, 0.25) is 0 Å². The molecule has 40 heteroatoms. The first kappa shape index (κ1) is 114. The number of benzene rings is 1. The number of aliphatic hydroxyl groups is 1. The van der Waals surface area contributed by atoms with E-state index in [4.69, 9.17) is 76.1 Å². The molecular weight excluding hydrogens is 1780 g/mol. The lowest BCUT2D eigenvalue weighted by Gasteiger charge is -2.50. The number of carbonyl (C=O) groups is 11. The summed E-state index contributed by atoms with van der Waals surface area (Å²) in [5.41, 5.74) is -1.33. The summed E-state index contributed by atoms with van der Waals surface area (Å²) in [6.45, 7) is 23.7. The number of ketones is 2. The van der Waals surface area contributed by atoms with Crippen molar-refractivity contribution in [2.75, 3.05) is 72.1 Å². The van der Waals surface area contributed by atoms with Gasteiger partial charge in [0.05, 0.1) is 84.2 Å². The Balaban J connectivity index is -0.00000125. The number of rotatable bonds is 32. The predicted molar refractivity (Wildman–Crippen MR) is 414 cm³/mol. The minimum Gasteiger partial charge on any atom is -0.481 e. The van der Waals surface area contributed by atoms with E-state index < -0.39 is 92.7 Å². The van der Waals surface area contributed by atoms with Crippen LogP contribution in [0.1, 0.15) is 206 Å². The molecule has 116 heavy (non-hydrogen) atoms. The topological polar surface area (TPSA) is 419 Å². The van der Waals surface area contributed by atoms with Gasteiger partial charge in [-0.15, -0.1) is 0 Å². The van der Waals surface area contributed by atoms with E-state index in [1.807, 2.05) is 20.8 Å². The van der Waals surface area contributed by atoms with E-state index >= 15 is 0 Å². The number of ether oxygens (including phenoxy) is 11. The third kappa shape index (κ3) is 47.6. The van der Waals surface area contributed by atoms with Crippen molar-refractivity contribution in [2.45, 2.75) is 270 Å². The normalized spacial score (nSPS) is 17.2. The Morgan fingerprint density at radius 3 is 1.25 bits per heavy atom.